The third-order valence-electron chi connectivity index (χ3n) is 7.08. The van der Waals surface area contributed by atoms with E-state index in [-0.39, 0.29) is 55.4 Å². The summed E-state index contributed by atoms with van der Waals surface area (Å²) in [4.78, 5) is 38.9. The summed E-state index contributed by atoms with van der Waals surface area (Å²) in [5.74, 6) is -4.52. The summed E-state index contributed by atoms with van der Waals surface area (Å²) in [5.41, 5.74) is -1.66. The molecule has 0 bridgehead atoms. The smallest absolute Gasteiger partial charge is 0.449 e. The highest BCUT2D eigenvalue weighted by molar-refractivity contribution is 14.1. The summed E-state index contributed by atoms with van der Waals surface area (Å²) in [7, 11) is -4.15. The van der Waals surface area contributed by atoms with Gasteiger partial charge in [-0.25, -0.2) is 13.2 Å². The fourth-order valence-electron chi connectivity index (χ4n) is 4.89. The van der Waals surface area contributed by atoms with E-state index < -0.39 is 50.3 Å². The van der Waals surface area contributed by atoms with Gasteiger partial charge in [0.25, 0.3) is 5.76 Å². The first kappa shape index (κ1) is 30.5. The number of aryl methyl sites for hydroxylation is 1. The third-order valence-corrected chi connectivity index (χ3v) is 9.65. The van der Waals surface area contributed by atoms with Crippen LogP contribution in [-0.2, 0) is 22.4 Å². The van der Waals surface area contributed by atoms with Crippen LogP contribution in [0, 0.1) is 3.57 Å². The first-order valence-electron chi connectivity index (χ1n) is 13.2. The van der Waals surface area contributed by atoms with E-state index in [0.717, 1.165) is 15.7 Å². The lowest BCUT2D eigenvalue weighted by atomic mass is 10.0. The van der Waals surface area contributed by atoms with Crippen molar-refractivity contribution in [2.75, 3.05) is 0 Å². The SMILES string of the molecule is CCc1cc2c(=O)c(Oc3ccc(I)cc3)c(C(F)(F)F)oc2cc1OC(=O)c1ccc2c(c1)S(=O)(=O)c1ccccc1C2=O. The van der Waals surface area contributed by atoms with E-state index in [2.05, 4.69) is 0 Å². The predicted octanol–water partition coefficient (Wildman–Crippen LogP) is 7.37. The topological polar surface area (TPSA) is 117 Å². The molecule has 6 rings (SSSR count). The van der Waals surface area contributed by atoms with Gasteiger partial charge in [0, 0.05) is 20.8 Å². The van der Waals surface area contributed by atoms with Gasteiger partial charge in [-0.1, -0.05) is 19.1 Å². The average molecular weight is 746 g/mol. The Balaban J connectivity index is 1.40. The fourth-order valence-corrected chi connectivity index (χ4v) is 6.93. The molecule has 5 aromatic rings. The minimum atomic E-state index is -5.11. The summed E-state index contributed by atoms with van der Waals surface area (Å²) in [6, 6.07) is 17.4. The van der Waals surface area contributed by atoms with Crippen molar-refractivity contribution in [2.45, 2.75) is 29.3 Å². The first-order chi connectivity index (χ1) is 21.3. The molecular formula is C32H18F3IO8S. The molecule has 2 heterocycles. The van der Waals surface area contributed by atoms with E-state index in [1.54, 1.807) is 19.1 Å². The summed E-state index contributed by atoms with van der Waals surface area (Å²) in [5, 5.41) is -0.239. The normalized spacial score (nSPS) is 13.7. The largest absolute Gasteiger partial charge is 0.453 e. The molecule has 8 nitrogen and oxygen atoms in total. The van der Waals surface area contributed by atoms with Gasteiger partial charge >= 0.3 is 12.1 Å². The second kappa shape index (κ2) is 11.1. The Morgan fingerprint density at radius 2 is 1.60 bits per heavy atom. The Bertz CT molecular complexity index is 2220. The van der Waals surface area contributed by atoms with Crippen molar-refractivity contribution in [1.82, 2.24) is 0 Å². The average Bonchev–Trinajstić information content (AvgIpc) is 3.01. The van der Waals surface area contributed by atoms with Crippen LogP contribution < -0.4 is 14.9 Å². The van der Waals surface area contributed by atoms with Gasteiger partial charge in [-0.3, -0.25) is 9.59 Å². The number of carbonyl (C=O) groups excluding carboxylic acids is 2. The predicted molar refractivity (Wildman–Crippen MR) is 163 cm³/mol. The van der Waals surface area contributed by atoms with E-state index in [1.165, 1.54) is 54.6 Å². The van der Waals surface area contributed by atoms with Gasteiger partial charge in [-0.05, 0) is 95.2 Å². The van der Waals surface area contributed by atoms with E-state index in [4.69, 9.17) is 13.9 Å². The highest BCUT2D eigenvalue weighted by Gasteiger charge is 2.41. The molecule has 45 heavy (non-hydrogen) atoms. The number of hydrogen-bond donors (Lipinski definition) is 0. The van der Waals surface area contributed by atoms with Gasteiger partial charge in [-0.15, -0.1) is 0 Å². The lowest BCUT2D eigenvalue weighted by Crippen LogP contribution is -2.21. The number of benzene rings is 4. The number of rotatable bonds is 5. The van der Waals surface area contributed by atoms with Gasteiger partial charge < -0.3 is 13.9 Å². The molecule has 0 saturated carbocycles. The number of ketones is 1. The maximum atomic E-state index is 14.0. The van der Waals surface area contributed by atoms with Gasteiger partial charge in [-0.2, -0.15) is 13.2 Å². The van der Waals surface area contributed by atoms with Crippen molar-refractivity contribution in [3.63, 3.8) is 0 Å². The molecule has 0 amide bonds. The zero-order valence-electron chi connectivity index (χ0n) is 22.9. The maximum Gasteiger partial charge on any atom is 0.453 e. The van der Waals surface area contributed by atoms with E-state index in [1.807, 2.05) is 22.6 Å². The molecule has 0 spiro atoms. The van der Waals surface area contributed by atoms with Crippen molar-refractivity contribution in [3.8, 4) is 17.2 Å². The molecule has 4 aromatic carbocycles. The third kappa shape index (κ3) is 5.39. The van der Waals surface area contributed by atoms with Crippen LogP contribution in [0.25, 0.3) is 11.0 Å². The van der Waals surface area contributed by atoms with Crippen LogP contribution >= 0.6 is 22.6 Å². The molecule has 0 aliphatic carbocycles. The van der Waals surface area contributed by atoms with Crippen LogP contribution in [0.2, 0.25) is 0 Å². The molecule has 0 atom stereocenters. The minimum absolute atomic E-state index is 0.00826. The number of sulfone groups is 1. The number of fused-ring (bicyclic) bond motifs is 3. The second-order valence-electron chi connectivity index (χ2n) is 9.88. The van der Waals surface area contributed by atoms with Gasteiger partial charge in [0.05, 0.1) is 20.7 Å². The van der Waals surface area contributed by atoms with Crippen LogP contribution in [0.4, 0.5) is 13.2 Å². The molecule has 0 N–H and O–H groups in total. The van der Waals surface area contributed by atoms with Crippen molar-refractivity contribution in [2.24, 2.45) is 0 Å². The molecule has 0 saturated heterocycles. The van der Waals surface area contributed by atoms with Crippen LogP contribution in [0.3, 0.4) is 0 Å². The molecule has 1 aromatic heterocycles. The van der Waals surface area contributed by atoms with Gasteiger partial charge in [0.1, 0.15) is 17.1 Å². The standard InChI is InChI=1S/C32H18F3IO8S/c1-2-16-13-22-24(43-30(32(33,34)35)29(28(22)38)42-19-10-8-18(36)9-11-19)15-23(16)44-31(39)17-7-12-21-26(14-17)45(40,41)25-6-4-3-5-20(25)27(21)37/h3-15H,2H2,1H3. The number of ether oxygens (including phenoxy) is 2. The number of halogens is 4. The minimum Gasteiger partial charge on any atom is -0.449 e. The Hall–Kier alpha value is -4.50. The summed E-state index contributed by atoms with van der Waals surface area (Å²) >= 11 is 2.01. The van der Waals surface area contributed by atoms with Crippen molar-refractivity contribution >= 4 is 55.1 Å². The van der Waals surface area contributed by atoms with Gasteiger partial charge in [0.2, 0.25) is 21.0 Å². The zero-order chi connectivity index (χ0) is 32.3. The van der Waals surface area contributed by atoms with Crippen LogP contribution in [0.15, 0.2) is 97.9 Å². The second-order valence-corrected chi connectivity index (χ2v) is 13.0. The fraction of sp³-hybridized carbons (Fsp3) is 0.0938. The van der Waals surface area contributed by atoms with Crippen molar-refractivity contribution in [1.29, 1.82) is 0 Å². The molecule has 1 aliphatic heterocycles. The first-order valence-corrected chi connectivity index (χ1v) is 15.7. The number of alkyl halides is 3. The van der Waals surface area contributed by atoms with E-state index in [0.29, 0.717) is 0 Å². The summed E-state index contributed by atoms with van der Waals surface area (Å²) in [6.07, 6.45) is -4.92. The molecule has 0 radical (unpaired) electrons. The molecule has 0 fully saturated rings. The van der Waals surface area contributed by atoms with Crippen molar-refractivity contribution in [3.05, 3.63) is 121 Å². The maximum absolute atomic E-state index is 14.0. The lowest BCUT2D eigenvalue weighted by molar-refractivity contribution is -0.154. The number of carbonyl (C=O) groups is 2. The summed E-state index contributed by atoms with van der Waals surface area (Å²) < 4.78 is 85.5. The Morgan fingerprint density at radius 1 is 0.911 bits per heavy atom. The Labute approximate surface area is 266 Å². The molecule has 1 aliphatic rings. The number of esters is 1. The van der Waals surface area contributed by atoms with E-state index >= 15 is 0 Å². The van der Waals surface area contributed by atoms with Crippen LogP contribution in [-0.4, -0.2) is 20.2 Å². The Kier molecular flexibility index (Phi) is 7.56. The monoisotopic (exact) mass is 746 g/mol. The van der Waals surface area contributed by atoms with E-state index in [9.17, 15) is 36.0 Å². The highest BCUT2D eigenvalue weighted by Crippen LogP contribution is 2.40. The molecular weight excluding hydrogens is 728 g/mol. The molecule has 228 valence electrons. The van der Waals surface area contributed by atoms with Gasteiger partial charge in [0.15, 0.2) is 5.78 Å². The Morgan fingerprint density at radius 3 is 2.29 bits per heavy atom. The molecule has 0 unspecified atom stereocenters. The lowest BCUT2D eigenvalue weighted by Gasteiger charge is -2.19. The quantitative estimate of drug-likeness (QED) is 0.102. The summed E-state index contributed by atoms with van der Waals surface area (Å²) in [6.45, 7) is 1.67. The van der Waals surface area contributed by atoms with Crippen LogP contribution in [0.5, 0.6) is 17.2 Å². The highest BCUT2D eigenvalue weighted by atomic mass is 127. The molecule has 13 heteroatoms. The number of hydrogen-bond acceptors (Lipinski definition) is 8. The van der Waals surface area contributed by atoms with Crippen molar-refractivity contribution < 1.29 is 45.1 Å². The van der Waals surface area contributed by atoms with Crippen LogP contribution in [0.1, 0.15) is 44.5 Å². The zero-order valence-corrected chi connectivity index (χ0v) is 25.9.